The summed E-state index contributed by atoms with van der Waals surface area (Å²) in [6.45, 7) is 5.44. The van der Waals surface area contributed by atoms with Crippen LogP contribution >= 0.6 is 11.8 Å². The van der Waals surface area contributed by atoms with Gasteiger partial charge in [-0.1, -0.05) is 29.8 Å². The number of thioether (sulfide) groups is 1. The smallest absolute Gasteiger partial charge is 0.0307 e. The van der Waals surface area contributed by atoms with E-state index in [9.17, 15) is 0 Å². The molecule has 2 N–H and O–H groups in total. The van der Waals surface area contributed by atoms with E-state index in [2.05, 4.69) is 56.3 Å². The molecule has 102 valence electrons. The van der Waals surface area contributed by atoms with E-state index in [0.717, 1.165) is 13.0 Å². The van der Waals surface area contributed by atoms with Crippen molar-refractivity contribution in [2.45, 2.75) is 32.4 Å². The zero-order valence-corrected chi connectivity index (χ0v) is 12.8. The predicted molar refractivity (Wildman–Crippen MR) is 83.2 cm³/mol. The van der Waals surface area contributed by atoms with Crippen molar-refractivity contribution in [2.24, 2.45) is 5.73 Å². The highest BCUT2D eigenvalue weighted by Gasteiger charge is 2.11. The average molecular weight is 266 g/mol. The fourth-order valence-corrected chi connectivity index (χ4v) is 2.74. The van der Waals surface area contributed by atoms with Crippen LogP contribution in [0, 0.1) is 6.92 Å². The van der Waals surface area contributed by atoms with E-state index in [1.165, 1.54) is 16.9 Å². The molecule has 2 nitrogen and oxygen atoms in total. The van der Waals surface area contributed by atoms with Crippen LogP contribution in [-0.4, -0.2) is 36.5 Å². The van der Waals surface area contributed by atoms with Crippen LogP contribution in [0.15, 0.2) is 24.3 Å². The molecule has 0 aliphatic carbocycles. The predicted octanol–water partition coefficient (Wildman–Crippen LogP) is 3.07. The summed E-state index contributed by atoms with van der Waals surface area (Å²) in [5.74, 6) is 1.18. The van der Waals surface area contributed by atoms with E-state index in [0.29, 0.717) is 6.04 Å². The van der Waals surface area contributed by atoms with Gasteiger partial charge in [0.25, 0.3) is 0 Å². The maximum absolute atomic E-state index is 6.25. The Balaban J connectivity index is 2.43. The third-order valence-electron chi connectivity index (χ3n) is 3.42. The van der Waals surface area contributed by atoms with Crippen molar-refractivity contribution < 1.29 is 0 Å². The molecule has 0 fully saturated rings. The van der Waals surface area contributed by atoms with E-state index < -0.39 is 0 Å². The van der Waals surface area contributed by atoms with Crippen LogP contribution in [0.2, 0.25) is 0 Å². The quantitative estimate of drug-likeness (QED) is 0.822. The molecule has 2 atom stereocenters. The Kier molecular flexibility index (Phi) is 6.76. The molecule has 1 rings (SSSR count). The Hall–Kier alpha value is -0.510. The number of nitrogens with two attached hydrogens (primary N) is 1. The van der Waals surface area contributed by atoms with Crippen molar-refractivity contribution in [1.29, 1.82) is 0 Å². The molecular formula is C15H26N2S. The summed E-state index contributed by atoms with van der Waals surface area (Å²) in [7, 11) is 2.18. The SMILES string of the molecule is CSCC(C)N(C)CCC(N)c1cccc(C)c1. The first-order chi connectivity index (χ1) is 8.54. The van der Waals surface area contributed by atoms with Crippen molar-refractivity contribution in [1.82, 2.24) is 4.90 Å². The summed E-state index contributed by atoms with van der Waals surface area (Å²) in [6, 6.07) is 9.28. The lowest BCUT2D eigenvalue weighted by Crippen LogP contribution is -2.33. The van der Waals surface area contributed by atoms with Crippen molar-refractivity contribution in [3.05, 3.63) is 35.4 Å². The maximum atomic E-state index is 6.25. The second-order valence-corrected chi connectivity index (χ2v) is 6.00. The van der Waals surface area contributed by atoms with E-state index in [1.807, 2.05) is 11.8 Å². The lowest BCUT2D eigenvalue weighted by Gasteiger charge is -2.25. The molecule has 0 heterocycles. The van der Waals surface area contributed by atoms with Crippen molar-refractivity contribution in [2.75, 3.05) is 25.6 Å². The maximum Gasteiger partial charge on any atom is 0.0307 e. The van der Waals surface area contributed by atoms with Gasteiger partial charge in [0.1, 0.15) is 0 Å². The second-order valence-electron chi connectivity index (χ2n) is 5.09. The van der Waals surface area contributed by atoms with Crippen molar-refractivity contribution in [3.8, 4) is 0 Å². The average Bonchev–Trinajstić information content (AvgIpc) is 2.35. The topological polar surface area (TPSA) is 29.3 Å². The van der Waals surface area contributed by atoms with Gasteiger partial charge in [-0.05, 0) is 45.7 Å². The normalized spacial score (nSPS) is 14.8. The summed E-state index contributed by atoms with van der Waals surface area (Å²) in [5, 5.41) is 0. The Morgan fingerprint density at radius 3 is 2.72 bits per heavy atom. The first-order valence-electron chi connectivity index (χ1n) is 6.56. The minimum absolute atomic E-state index is 0.147. The molecule has 0 amide bonds. The van der Waals surface area contributed by atoms with Crippen LogP contribution in [0.3, 0.4) is 0 Å². The molecule has 0 spiro atoms. The summed E-state index contributed by atoms with van der Waals surface area (Å²) in [6.07, 6.45) is 3.17. The fourth-order valence-electron chi connectivity index (χ4n) is 2.00. The lowest BCUT2D eigenvalue weighted by molar-refractivity contribution is 0.267. The first-order valence-corrected chi connectivity index (χ1v) is 7.95. The van der Waals surface area contributed by atoms with Gasteiger partial charge in [0, 0.05) is 17.8 Å². The molecule has 0 aromatic heterocycles. The van der Waals surface area contributed by atoms with Gasteiger partial charge in [0.05, 0.1) is 0 Å². The third kappa shape index (κ3) is 5.01. The van der Waals surface area contributed by atoms with Gasteiger partial charge in [-0.25, -0.2) is 0 Å². The van der Waals surface area contributed by atoms with Crippen LogP contribution in [0.25, 0.3) is 0 Å². The Morgan fingerprint density at radius 2 is 2.11 bits per heavy atom. The zero-order valence-electron chi connectivity index (χ0n) is 12.0. The minimum Gasteiger partial charge on any atom is -0.324 e. The molecule has 0 saturated carbocycles. The van der Waals surface area contributed by atoms with E-state index in [1.54, 1.807) is 0 Å². The Morgan fingerprint density at radius 1 is 1.39 bits per heavy atom. The Labute approximate surface area is 116 Å². The molecule has 0 aliphatic rings. The third-order valence-corrected chi connectivity index (χ3v) is 4.24. The highest BCUT2D eigenvalue weighted by atomic mass is 32.2. The Bertz CT molecular complexity index is 354. The van der Waals surface area contributed by atoms with Gasteiger partial charge in [-0.3, -0.25) is 0 Å². The van der Waals surface area contributed by atoms with Crippen LogP contribution in [0.4, 0.5) is 0 Å². The summed E-state index contributed by atoms with van der Waals surface area (Å²) >= 11 is 1.90. The van der Waals surface area contributed by atoms with E-state index in [4.69, 9.17) is 5.73 Å². The molecule has 1 aromatic carbocycles. The van der Waals surface area contributed by atoms with Crippen molar-refractivity contribution in [3.63, 3.8) is 0 Å². The van der Waals surface area contributed by atoms with Crippen LogP contribution in [0.1, 0.15) is 30.5 Å². The molecule has 0 aliphatic heterocycles. The molecule has 18 heavy (non-hydrogen) atoms. The summed E-state index contributed by atoms with van der Waals surface area (Å²) < 4.78 is 0. The largest absolute Gasteiger partial charge is 0.324 e. The minimum atomic E-state index is 0.147. The molecule has 1 aromatic rings. The van der Waals surface area contributed by atoms with Gasteiger partial charge in [-0.15, -0.1) is 0 Å². The monoisotopic (exact) mass is 266 g/mol. The standard InChI is InChI=1S/C15H26N2S/c1-12-6-5-7-14(10-12)15(16)8-9-17(3)13(2)11-18-4/h5-7,10,13,15H,8-9,11,16H2,1-4H3. The van der Waals surface area contributed by atoms with Gasteiger partial charge < -0.3 is 10.6 Å². The van der Waals surface area contributed by atoms with E-state index >= 15 is 0 Å². The molecule has 0 saturated heterocycles. The number of nitrogens with zero attached hydrogens (tertiary/aromatic N) is 1. The van der Waals surface area contributed by atoms with Crippen LogP contribution < -0.4 is 5.73 Å². The molecule has 0 radical (unpaired) electrons. The van der Waals surface area contributed by atoms with Gasteiger partial charge in [0.15, 0.2) is 0 Å². The number of hydrogen-bond donors (Lipinski definition) is 1. The van der Waals surface area contributed by atoms with Gasteiger partial charge in [-0.2, -0.15) is 11.8 Å². The molecule has 3 heteroatoms. The molecule has 2 unspecified atom stereocenters. The lowest BCUT2D eigenvalue weighted by atomic mass is 10.0. The fraction of sp³-hybridized carbons (Fsp3) is 0.600. The summed E-state index contributed by atoms with van der Waals surface area (Å²) in [4.78, 5) is 2.39. The highest BCUT2D eigenvalue weighted by molar-refractivity contribution is 7.98. The first kappa shape index (κ1) is 15.5. The van der Waals surface area contributed by atoms with Crippen LogP contribution in [-0.2, 0) is 0 Å². The highest BCUT2D eigenvalue weighted by Crippen LogP contribution is 2.16. The number of hydrogen-bond acceptors (Lipinski definition) is 3. The van der Waals surface area contributed by atoms with Crippen molar-refractivity contribution >= 4 is 11.8 Å². The zero-order chi connectivity index (χ0) is 13.5. The number of benzene rings is 1. The number of aryl methyl sites for hydroxylation is 1. The van der Waals surface area contributed by atoms with Gasteiger partial charge in [0.2, 0.25) is 0 Å². The molecule has 0 bridgehead atoms. The van der Waals surface area contributed by atoms with Crippen LogP contribution in [0.5, 0.6) is 0 Å². The second kappa shape index (κ2) is 7.82. The van der Waals surface area contributed by atoms with Gasteiger partial charge >= 0.3 is 0 Å². The number of rotatable bonds is 7. The molecular weight excluding hydrogens is 240 g/mol. The summed E-state index contributed by atoms with van der Waals surface area (Å²) in [5.41, 5.74) is 8.79. The van der Waals surface area contributed by atoms with E-state index in [-0.39, 0.29) is 6.04 Å².